The summed E-state index contributed by atoms with van der Waals surface area (Å²) in [7, 11) is -1.67. The zero-order valence-corrected chi connectivity index (χ0v) is 15.8. The molecule has 1 saturated carbocycles. The van der Waals surface area contributed by atoms with Crippen molar-refractivity contribution in [2.45, 2.75) is 57.8 Å². The Bertz CT molecular complexity index is 522. The predicted octanol–water partition coefficient (Wildman–Crippen LogP) is 5.66. The topological polar surface area (TPSA) is 18.5 Å². The summed E-state index contributed by atoms with van der Waals surface area (Å²) in [5.74, 6) is 0.705. The highest BCUT2D eigenvalue weighted by Crippen LogP contribution is 2.41. The molecule has 1 aromatic carbocycles. The summed E-state index contributed by atoms with van der Waals surface area (Å²) in [5, 5.41) is 0.573. The zero-order valence-electron chi connectivity index (χ0n) is 14.1. The molecular formula is C17H26ClFO2Si. The summed E-state index contributed by atoms with van der Waals surface area (Å²) in [5.41, 5.74) is 0. The molecule has 0 heterocycles. The SMILES string of the molecule is CC(C)(C)[Si](C)(C)O[C@H]1C[C@@H](COc2ccc(F)cc2Cl)C1. The van der Waals surface area contributed by atoms with E-state index in [4.69, 9.17) is 20.8 Å². The van der Waals surface area contributed by atoms with E-state index in [-0.39, 0.29) is 10.9 Å². The Hall–Kier alpha value is -0.583. The van der Waals surface area contributed by atoms with Crippen LogP contribution in [0.25, 0.3) is 0 Å². The lowest BCUT2D eigenvalue weighted by atomic mass is 9.83. The molecule has 0 unspecified atom stereocenters. The van der Waals surface area contributed by atoms with Crippen molar-refractivity contribution < 1.29 is 13.6 Å². The molecule has 0 bridgehead atoms. The van der Waals surface area contributed by atoms with Crippen molar-refractivity contribution in [3.8, 4) is 5.75 Å². The predicted molar refractivity (Wildman–Crippen MR) is 91.7 cm³/mol. The molecule has 2 rings (SSSR count). The molecule has 1 fully saturated rings. The molecule has 0 radical (unpaired) electrons. The quantitative estimate of drug-likeness (QED) is 0.642. The van der Waals surface area contributed by atoms with Gasteiger partial charge in [-0.1, -0.05) is 32.4 Å². The van der Waals surface area contributed by atoms with Gasteiger partial charge in [-0.3, -0.25) is 0 Å². The fourth-order valence-corrected chi connectivity index (χ4v) is 3.90. The molecule has 0 atom stereocenters. The second-order valence-electron chi connectivity index (χ2n) is 7.72. The van der Waals surface area contributed by atoms with Crippen LogP contribution in [0, 0.1) is 11.7 Å². The number of hydrogen-bond donors (Lipinski definition) is 0. The van der Waals surface area contributed by atoms with Gasteiger partial charge in [0.2, 0.25) is 0 Å². The third kappa shape index (κ3) is 4.24. The minimum atomic E-state index is -1.67. The second-order valence-corrected chi connectivity index (χ2v) is 12.9. The maximum atomic E-state index is 13.0. The van der Waals surface area contributed by atoms with Gasteiger partial charge in [-0.2, -0.15) is 0 Å². The molecule has 1 aromatic rings. The smallest absolute Gasteiger partial charge is 0.192 e. The van der Waals surface area contributed by atoms with E-state index in [9.17, 15) is 4.39 Å². The third-order valence-corrected chi connectivity index (χ3v) is 9.66. The van der Waals surface area contributed by atoms with Crippen LogP contribution in [0.15, 0.2) is 18.2 Å². The average molecular weight is 345 g/mol. The van der Waals surface area contributed by atoms with E-state index in [2.05, 4.69) is 33.9 Å². The second kappa shape index (κ2) is 6.50. The van der Waals surface area contributed by atoms with Crippen molar-refractivity contribution >= 4 is 19.9 Å². The Balaban J connectivity index is 1.76. The summed E-state index contributed by atoms with van der Waals surface area (Å²) < 4.78 is 25.0. The van der Waals surface area contributed by atoms with Crippen LogP contribution in [0.3, 0.4) is 0 Å². The summed E-state index contributed by atoms with van der Waals surface area (Å²) in [4.78, 5) is 0. The minimum Gasteiger partial charge on any atom is -0.492 e. The maximum absolute atomic E-state index is 13.0. The van der Waals surface area contributed by atoms with E-state index in [0.29, 0.717) is 29.4 Å². The van der Waals surface area contributed by atoms with E-state index in [1.54, 1.807) is 6.07 Å². The van der Waals surface area contributed by atoms with E-state index in [1.807, 2.05) is 0 Å². The number of hydrogen-bond acceptors (Lipinski definition) is 2. The molecule has 5 heteroatoms. The molecule has 1 aliphatic carbocycles. The van der Waals surface area contributed by atoms with Gasteiger partial charge < -0.3 is 9.16 Å². The molecule has 0 amide bonds. The van der Waals surface area contributed by atoms with Gasteiger partial charge in [0.05, 0.1) is 11.6 Å². The molecule has 0 N–H and O–H groups in total. The van der Waals surface area contributed by atoms with Gasteiger partial charge in [0, 0.05) is 6.10 Å². The van der Waals surface area contributed by atoms with Gasteiger partial charge in [0.15, 0.2) is 8.32 Å². The molecular weight excluding hydrogens is 319 g/mol. The van der Waals surface area contributed by atoms with Crippen LogP contribution in [-0.2, 0) is 4.43 Å². The largest absolute Gasteiger partial charge is 0.492 e. The van der Waals surface area contributed by atoms with Crippen molar-refractivity contribution in [2.24, 2.45) is 5.92 Å². The highest BCUT2D eigenvalue weighted by molar-refractivity contribution is 6.74. The van der Waals surface area contributed by atoms with Crippen LogP contribution in [0.4, 0.5) is 4.39 Å². The summed E-state index contributed by atoms with van der Waals surface area (Å²) >= 11 is 5.96. The Morgan fingerprint density at radius 2 is 1.91 bits per heavy atom. The Morgan fingerprint density at radius 3 is 2.45 bits per heavy atom. The molecule has 1 aliphatic rings. The van der Waals surface area contributed by atoms with Gasteiger partial charge >= 0.3 is 0 Å². The lowest BCUT2D eigenvalue weighted by Gasteiger charge is -2.44. The van der Waals surface area contributed by atoms with E-state index < -0.39 is 8.32 Å². The highest BCUT2D eigenvalue weighted by Gasteiger charge is 2.42. The van der Waals surface area contributed by atoms with E-state index in [1.165, 1.54) is 12.1 Å². The first-order chi connectivity index (χ1) is 10.1. The zero-order chi connectivity index (χ0) is 16.5. The fraction of sp³-hybridized carbons (Fsp3) is 0.647. The third-order valence-electron chi connectivity index (χ3n) is 4.83. The molecule has 0 aromatic heterocycles. The van der Waals surface area contributed by atoms with Crippen molar-refractivity contribution in [3.05, 3.63) is 29.0 Å². The van der Waals surface area contributed by atoms with E-state index >= 15 is 0 Å². The van der Waals surface area contributed by atoms with Gasteiger partial charge in [-0.15, -0.1) is 0 Å². The van der Waals surface area contributed by atoms with Gasteiger partial charge in [0.1, 0.15) is 11.6 Å². The Labute approximate surface area is 139 Å². The molecule has 0 aliphatic heterocycles. The first-order valence-electron chi connectivity index (χ1n) is 7.84. The van der Waals surface area contributed by atoms with Crippen LogP contribution in [-0.4, -0.2) is 21.0 Å². The van der Waals surface area contributed by atoms with Crippen molar-refractivity contribution in [1.82, 2.24) is 0 Å². The van der Waals surface area contributed by atoms with Crippen LogP contribution in [0.2, 0.25) is 23.2 Å². The first kappa shape index (κ1) is 17.8. The summed E-state index contributed by atoms with van der Waals surface area (Å²) in [6.45, 7) is 12.0. The lowest BCUT2D eigenvalue weighted by molar-refractivity contribution is 0.0289. The van der Waals surface area contributed by atoms with Crippen LogP contribution >= 0.6 is 11.6 Å². The number of rotatable bonds is 5. The van der Waals surface area contributed by atoms with Gasteiger partial charge in [0.25, 0.3) is 0 Å². The number of benzene rings is 1. The molecule has 124 valence electrons. The summed E-state index contributed by atoms with van der Waals surface area (Å²) in [6.07, 6.45) is 2.43. The fourth-order valence-electron chi connectivity index (χ4n) is 2.30. The molecule has 22 heavy (non-hydrogen) atoms. The van der Waals surface area contributed by atoms with Crippen LogP contribution in [0.1, 0.15) is 33.6 Å². The monoisotopic (exact) mass is 344 g/mol. The lowest BCUT2D eigenvalue weighted by Crippen LogP contribution is -2.48. The van der Waals surface area contributed by atoms with Crippen LogP contribution in [0.5, 0.6) is 5.75 Å². The molecule has 2 nitrogen and oxygen atoms in total. The summed E-state index contributed by atoms with van der Waals surface area (Å²) in [6, 6.07) is 4.23. The highest BCUT2D eigenvalue weighted by atomic mass is 35.5. The Kier molecular flexibility index (Phi) is 5.25. The number of halogens is 2. The minimum absolute atomic E-state index is 0.246. The molecule has 0 saturated heterocycles. The molecule has 0 spiro atoms. The van der Waals surface area contributed by atoms with Crippen LogP contribution < -0.4 is 4.74 Å². The first-order valence-corrected chi connectivity index (χ1v) is 11.1. The number of ether oxygens (including phenoxy) is 1. The normalized spacial score (nSPS) is 22.3. The van der Waals surface area contributed by atoms with Gasteiger partial charge in [-0.05, 0) is 55.1 Å². The van der Waals surface area contributed by atoms with E-state index in [0.717, 1.165) is 12.8 Å². The maximum Gasteiger partial charge on any atom is 0.192 e. The average Bonchev–Trinajstić information content (AvgIpc) is 2.32. The van der Waals surface area contributed by atoms with Crippen molar-refractivity contribution in [1.29, 1.82) is 0 Å². The van der Waals surface area contributed by atoms with Gasteiger partial charge in [-0.25, -0.2) is 4.39 Å². The van der Waals surface area contributed by atoms with Crippen molar-refractivity contribution in [2.75, 3.05) is 6.61 Å². The van der Waals surface area contributed by atoms with Crippen molar-refractivity contribution in [3.63, 3.8) is 0 Å². The Morgan fingerprint density at radius 1 is 1.27 bits per heavy atom. The standard InChI is InChI=1S/C17H26ClFO2Si/c1-17(2,3)22(4,5)21-14-8-12(9-14)11-20-16-7-6-13(19)10-15(16)18/h6-7,10,12,14H,8-9,11H2,1-5H3/t12-,14+.